The van der Waals surface area contributed by atoms with Crippen LogP contribution in [0.5, 0.6) is 0 Å². The predicted molar refractivity (Wildman–Crippen MR) is 228 cm³/mol. The summed E-state index contributed by atoms with van der Waals surface area (Å²) in [6, 6.07) is 29.9. The third-order valence-corrected chi connectivity index (χ3v) is 12.1. The number of carboxylic acids is 1. The zero-order valence-electron chi connectivity index (χ0n) is 34.5. The lowest BCUT2D eigenvalue weighted by Gasteiger charge is -2.38. The van der Waals surface area contributed by atoms with Crippen LogP contribution in [0.1, 0.15) is 129 Å². The molecule has 1 fully saturated rings. The second kappa shape index (κ2) is 20.3. The number of aliphatic hydroxyl groups is 2. The van der Waals surface area contributed by atoms with Gasteiger partial charge >= 0.3 is 5.97 Å². The lowest BCUT2D eigenvalue weighted by molar-refractivity contribution is -0.0764. The number of amides is 1. The summed E-state index contributed by atoms with van der Waals surface area (Å²) in [5, 5.41) is 29.5. The summed E-state index contributed by atoms with van der Waals surface area (Å²) in [5.41, 5.74) is 7.21. The first-order valence-corrected chi connectivity index (χ1v) is 21.3. The van der Waals surface area contributed by atoms with Crippen LogP contribution in [0.25, 0.3) is 0 Å². The highest BCUT2D eigenvalue weighted by atomic mass is 16.5. The maximum Gasteiger partial charge on any atom is 0.335 e. The summed E-state index contributed by atoms with van der Waals surface area (Å²) in [4.78, 5) is 50.2. The number of rotatable bonds is 16. The van der Waals surface area contributed by atoms with Gasteiger partial charge in [-0.3, -0.25) is 14.4 Å². The molecule has 7 rings (SSSR count). The maximum atomic E-state index is 12.8. The van der Waals surface area contributed by atoms with Crippen LogP contribution in [0, 0.1) is 11.8 Å². The van der Waals surface area contributed by atoms with Crippen molar-refractivity contribution in [1.29, 1.82) is 0 Å². The van der Waals surface area contributed by atoms with Crippen LogP contribution in [-0.4, -0.2) is 81.2 Å². The first-order chi connectivity index (χ1) is 28.3. The molecule has 1 aliphatic heterocycles. The SMILES string of the molecule is CC1(C)CN(C(=O)c2ccc(C(=O)CCC(O)CCC3Cc4ccccc4C3)cc2)CCO1.O=C(O)c1ccc(C(=O)CCC(O)CCC2Cc3ccccc3C2)cc1. The van der Waals surface area contributed by atoms with Gasteiger partial charge in [-0.15, -0.1) is 0 Å². The van der Waals surface area contributed by atoms with Crippen molar-refractivity contribution in [2.75, 3.05) is 19.7 Å². The van der Waals surface area contributed by atoms with E-state index in [0.717, 1.165) is 44.9 Å². The molecule has 1 amide bonds. The van der Waals surface area contributed by atoms with Crippen LogP contribution in [0.4, 0.5) is 0 Å². The minimum Gasteiger partial charge on any atom is -0.478 e. The van der Waals surface area contributed by atoms with E-state index in [2.05, 4.69) is 48.5 Å². The number of fused-ring (bicyclic) bond motifs is 2. The Morgan fingerprint density at radius 1 is 0.610 bits per heavy atom. The van der Waals surface area contributed by atoms with E-state index in [9.17, 15) is 29.4 Å². The van der Waals surface area contributed by atoms with Gasteiger partial charge in [-0.25, -0.2) is 4.79 Å². The summed E-state index contributed by atoms with van der Waals surface area (Å²) < 4.78 is 5.68. The molecule has 9 heteroatoms. The second-order valence-electron chi connectivity index (χ2n) is 17.3. The average Bonchev–Trinajstić information content (AvgIpc) is 3.87. The summed E-state index contributed by atoms with van der Waals surface area (Å²) in [5.74, 6) is 0.0858. The van der Waals surface area contributed by atoms with Crippen LogP contribution in [0.3, 0.4) is 0 Å². The molecular formula is C50H59NO8. The summed E-state index contributed by atoms with van der Waals surface area (Å²) in [6.45, 7) is 5.63. The number of ketones is 2. The Morgan fingerprint density at radius 3 is 1.39 bits per heavy atom. The molecule has 0 bridgehead atoms. The number of carbonyl (C=O) groups excluding carboxylic acids is 3. The highest BCUT2D eigenvalue weighted by Crippen LogP contribution is 2.31. The molecule has 0 radical (unpaired) electrons. The summed E-state index contributed by atoms with van der Waals surface area (Å²) >= 11 is 0. The summed E-state index contributed by atoms with van der Waals surface area (Å²) in [6.07, 6.45) is 8.33. The van der Waals surface area contributed by atoms with Crippen LogP contribution < -0.4 is 0 Å². The largest absolute Gasteiger partial charge is 0.478 e. The zero-order chi connectivity index (χ0) is 41.9. The van der Waals surface area contributed by atoms with E-state index in [1.165, 1.54) is 46.5 Å². The fourth-order valence-electron chi connectivity index (χ4n) is 8.71. The molecule has 59 heavy (non-hydrogen) atoms. The number of aromatic carboxylic acids is 1. The van der Waals surface area contributed by atoms with Gasteiger partial charge in [0.15, 0.2) is 11.6 Å². The quantitative estimate of drug-likeness (QED) is 0.0961. The molecule has 2 atom stereocenters. The van der Waals surface area contributed by atoms with Crippen molar-refractivity contribution in [2.45, 2.75) is 109 Å². The Labute approximate surface area is 348 Å². The van der Waals surface area contributed by atoms with Crippen molar-refractivity contribution < 1.29 is 39.2 Å². The number of hydrogen-bond acceptors (Lipinski definition) is 7. The Balaban J connectivity index is 0.000000204. The van der Waals surface area contributed by atoms with E-state index in [1.54, 1.807) is 29.2 Å². The normalized spacial score (nSPS) is 17.0. The minimum atomic E-state index is -1.01. The predicted octanol–water partition coefficient (Wildman–Crippen LogP) is 8.36. The number of ether oxygens (including phenoxy) is 1. The van der Waals surface area contributed by atoms with E-state index >= 15 is 0 Å². The Morgan fingerprint density at radius 2 is 1.00 bits per heavy atom. The summed E-state index contributed by atoms with van der Waals surface area (Å²) in [7, 11) is 0. The van der Waals surface area contributed by atoms with Crippen molar-refractivity contribution in [2.24, 2.45) is 11.8 Å². The zero-order valence-corrected chi connectivity index (χ0v) is 34.5. The van der Waals surface area contributed by atoms with Gasteiger partial charge in [-0.05, 0) is 136 Å². The molecule has 9 nitrogen and oxygen atoms in total. The average molecular weight is 802 g/mol. The van der Waals surface area contributed by atoms with E-state index in [4.69, 9.17) is 9.84 Å². The van der Waals surface area contributed by atoms with E-state index in [0.29, 0.717) is 73.9 Å². The van der Waals surface area contributed by atoms with Gasteiger partial charge < -0.3 is 25.0 Å². The fraction of sp³-hybridized carbons (Fsp3) is 0.440. The van der Waals surface area contributed by atoms with Gasteiger partial charge in [-0.2, -0.15) is 0 Å². The third kappa shape index (κ3) is 12.5. The Kier molecular flexibility index (Phi) is 15.0. The number of benzene rings is 4. The van der Waals surface area contributed by atoms with Crippen LogP contribution in [0.2, 0.25) is 0 Å². The molecule has 0 spiro atoms. The molecule has 3 aliphatic rings. The molecule has 2 aliphatic carbocycles. The van der Waals surface area contributed by atoms with Crippen molar-refractivity contribution in [3.8, 4) is 0 Å². The van der Waals surface area contributed by atoms with Gasteiger partial charge in [0, 0.05) is 42.6 Å². The number of Topliss-reactive ketones (excluding diaryl/α,β-unsaturated/α-hetero) is 2. The van der Waals surface area contributed by atoms with Crippen molar-refractivity contribution in [3.63, 3.8) is 0 Å². The van der Waals surface area contributed by atoms with E-state index in [1.807, 2.05) is 13.8 Å². The van der Waals surface area contributed by atoms with Crippen LogP contribution in [0.15, 0.2) is 97.1 Å². The number of hydrogen-bond donors (Lipinski definition) is 3. The van der Waals surface area contributed by atoms with Crippen molar-refractivity contribution in [3.05, 3.63) is 142 Å². The van der Waals surface area contributed by atoms with E-state index in [-0.39, 0.29) is 35.1 Å². The number of carboxylic acid groups (broad SMARTS) is 1. The topological polar surface area (TPSA) is 141 Å². The second-order valence-corrected chi connectivity index (χ2v) is 17.3. The Bertz CT molecular complexity index is 2010. The molecule has 2 unspecified atom stereocenters. The van der Waals surface area contributed by atoms with Crippen LogP contribution in [-0.2, 0) is 30.4 Å². The van der Waals surface area contributed by atoms with Gasteiger partial charge in [-0.1, -0.05) is 72.8 Å². The standard InChI is InChI=1S/C28H35NO4.C22H24O4/c1-28(2)19-29(15-16-33-28)27(32)22-10-8-21(9-11-22)26(31)14-13-25(30)12-7-20-17-23-5-3-4-6-24(23)18-20;23-20(10-5-15-13-18-3-1-2-4-19(18)14-15)11-12-21(24)16-6-8-17(9-7-16)22(25)26/h3-6,8-11,20,25,30H,7,12-19H2,1-2H3;1-4,6-9,15,20,23H,5,10-14H2,(H,25,26). The van der Waals surface area contributed by atoms with Gasteiger partial charge in [0.25, 0.3) is 5.91 Å². The molecule has 3 N–H and O–H groups in total. The third-order valence-electron chi connectivity index (χ3n) is 12.1. The van der Waals surface area contributed by atoms with E-state index < -0.39 is 18.2 Å². The monoisotopic (exact) mass is 801 g/mol. The first kappa shape index (κ1) is 43.6. The molecule has 4 aromatic rings. The molecule has 4 aromatic carbocycles. The van der Waals surface area contributed by atoms with Crippen molar-refractivity contribution in [1.82, 2.24) is 4.90 Å². The molecule has 312 valence electrons. The molecule has 0 aromatic heterocycles. The molecule has 1 saturated heterocycles. The van der Waals surface area contributed by atoms with Gasteiger partial charge in [0.2, 0.25) is 0 Å². The molecular weight excluding hydrogens is 743 g/mol. The Hall–Kier alpha value is -4.96. The first-order valence-electron chi connectivity index (χ1n) is 21.3. The van der Waals surface area contributed by atoms with Crippen LogP contribution >= 0.6 is 0 Å². The van der Waals surface area contributed by atoms with Crippen molar-refractivity contribution >= 4 is 23.4 Å². The number of carbonyl (C=O) groups is 4. The van der Waals surface area contributed by atoms with Gasteiger partial charge in [0.1, 0.15) is 0 Å². The minimum absolute atomic E-state index is 0.00817. The lowest BCUT2D eigenvalue weighted by Crippen LogP contribution is -2.50. The number of aliphatic hydroxyl groups excluding tert-OH is 2. The smallest absolute Gasteiger partial charge is 0.335 e. The highest BCUT2D eigenvalue weighted by molar-refractivity contribution is 5.99. The maximum absolute atomic E-state index is 12.8. The fourth-order valence-corrected chi connectivity index (χ4v) is 8.71. The molecule has 1 heterocycles. The number of morpholine rings is 1. The van der Waals surface area contributed by atoms with Gasteiger partial charge in [0.05, 0.1) is 30.0 Å². The lowest BCUT2D eigenvalue weighted by atomic mass is 9.95. The highest BCUT2D eigenvalue weighted by Gasteiger charge is 2.30. The molecule has 0 saturated carbocycles. The number of nitrogens with zero attached hydrogens (tertiary/aromatic N) is 1.